The molecule has 238 valence electrons. The number of nitrogen functional groups attached to an aromatic ring is 1. The van der Waals surface area contributed by atoms with Gasteiger partial charge in [-0.05, 0) is 53.8 Å². The summed E-state index contributed by atoms with van der Waals surface area (Å²) in [7, 11) is 1.50. The van der Waals surface area contributed by atoms with Crippen LogP contribution in [0.2, 0.25) is 0 Å². The van der Waals surface area contributed by atoms with Gasteiger partial charge in [-0.2, -0.15) is 0 Å². The Hall–Kier alpha value is -4.94. The van der Waals surface area contributed by atoms with Crippen molar-refractivity contribution in [1.82, 2.24) is 25.5 Å². The number of nitrogens with one attached hydrogen (secondary N) is 2. The number of likely N-dealkylation sites (tertiary alicyclic amines) is 1. The van der Waals surface area contributed by atoms with Crippen LogP contribution in [0.4, 0.5) is 10.3 Å². The maximum absolute atomic E-state index is 14.6. The van der Waals surface area contributed by atoms with Gasteiger partial charge in [0.2, 0.25) is 11.9 Å². The molecule has 0 aliphatic carbocycles. The zero-order chi connectivity index (χ0) is 32.1. The largest absolute Gasteiger partial charge is 0.493 e. The number of nitrogens with two attached hydrogens (primary N) is 1. The van der Waals surface area contributed by atoms with Crippen LogP contribution in [0.1, 0.15) is 59.9 Å². The van der Waals surface area contributed by atoms with Crippen molar-refractivity contribution in [2.75, 3.05) is 32.5 Å². The van der Waals surface area contributed by atoms with Gasteiger partial charge in [-0.15, -0.1) is 0 Å². The van der Waals surface area contributed by atoms with Crippen LogP contribution in [0.3, 0.4) is 0 Å². The first-order chi connectivity index (χ1) is 21.6. The van der Waals surface area contributed by atoms with E-state index < -0.39 is 23.9 Å². The second-order valence-corrected chi connectivity index (χ2v) is 11.4. The number of hydrogen-bond acceptors (Lipinski definition) is 9. The number of anilines is 1. The molecule has 1 saturated heterocycles. The average Bonchev–Trinajstić information content (AvgIpc) is 3.01. The molecule has 1 aromatic heterocycles. The molecule has 2 aliphatic heterocycles. The number of carbonyl (C=O) groups excluding carboxylic acids is 3. The zero-order valence-electron chi connectivity index (χ0n) is 25.5. The van der Waals surface area contributed by atoms with Crippen molar-refractivity contribution < 1.29 is 33.0 Å². The first-order valence-corrected chi connectivity index (χ1v) is 14.8. The number of piperidine rings is 1. The van der Waals surface area contributed by atoms with Crippen molar-refractivity contribution in [1.29, 1.82) is 0 Å². The Morgan fingerprint density at radius 3 is 2.69 bits per heavy atom. The molecule has 2 atom stereocenters. The monoisotopic (exact) mass is 620 g/mol. The molecule has 12 nitrogen and oxygen atoms in total. The Labute approximate surface area is 260 Å². The number of aromatic nitrogens is 2. The highest BCUT2D eigenvalue weighted by Gasteiger charge is 2.35. The van der Waals surface area contributed by atoms with E-state index in [0.29, 0.717) is 35.6 Å². The van der Waals surface area contributed by atoms with Crippen molar-refractivity contribution in [2.45, 2.75) is 57.7 Å². The molecule has 13 heteroatoms. The molecule has 3 heterocycles. The molecule has 0 spiro atoms. The summed E-state index contributed by atoms with van der Waals surface area (Å²) in [6.07, 6.45) is 0.332. The third-order valence-electron chi connectivity index (χ3n) is 7.69. The van der Waals surface area contributed by atoms with Gasteiger partial charge in [-0.1, -0.05) is 19.9 Å². The molecular weight excluding hydrogens is 583 g/mol. The number of halogens is 1. The number of rotatable bonds is 3. The number of fused-ring (bicyclic) bond motifs is 5. The quantitative estimate of drug-likeness (QED) is 0.400. The van der Waals surface area contributed by atoms with E-state index in [1.807, 2.05) is 19.9 Å². The van der Waals surface area contributed by atoms with Crippen molar-refractivity contribution in [3.63, 3.8) is 0 Å². The number of amides is 3. The Kier molecular flexibility index (Phi) is 9.65. The normalized spacial score (nSPS) is 19.2. The van der Waals surface area contributed by atoms with Gasteiger partial charge >= 0.3 is 0 Å². The van der Waals surface area contributed by atoms with E-state index in [4.69, 9.17) is 19.9 Å². The maximum atomic E-state index is 14.6. The minimum absolute atomic E-state index is 0.00188. The number of benzene rings is 2. The van der Waals surface area contributed by atoms with E-state index in [1.54, 1.807) is 29.2 Å². The lowest BCUT2D eigenvalue weighted by molar-refractivity contribution is -0.125. The fourth-order valence-electron chi connectivity index (χ4n) is 5.34. The summed E-state index contributed by atoms with van der Waals surface area (Å²) in [5.41, 5.74) is 8.03. The van der Waals surface area contributed by atoms with Gasteiger partial charge in [-0.3, -0.25) is 14.4 Å². The lowest BCUT2D eigenvalue weighted by Gasteiger charge is -2.38. The summed E-state index contributed by atoms with van der Waals surface area (Å²) in [4.78, 5) is 49.3. The van der Waals surface area contributed by atoms with Crippen LogP contribution in [-0.2, 0) is 22.6 Å². The molecule has 3 amide bonds. The fraction of sp³-hybridized carbons (Fsp3) is 0.406. The van der Waals surface area contributed by atoms with Crippen molar-refractivity contribution in [3.8, 4) is 17.2 Å². The molecule has 0 unspecified atom stereocenters. The molecule has 2 aliphatic rings. The number of carbonyl (C=O) groups is 3. The van der Waals surface area contributed by atoms with Crippen molar-refractivity contribution in [2.24, 2.45) is 0 Å². The van der Waals surface area contributed by atoms with Gasteiger partial charge in [0.1, 0.15) is 23.4 Å². The molecule has 0 saturated carbocycles. The zero-order valence-corrected chi connectivity index (χ0v) is 25.5. The smallest absolute Gasteiger partial charge is 0.272 e. The first-order valence-electron chi connectivity index (χ1n) is 14.8. The highest BCUT2D eigenvalue weighted by molar-refractivity contribution is 5.93. The summed E-state index contributed by atoms with van der Waals surface area (Å²) >= 11 is 0. The Bertz CT molecular complexity index is 1580. The van der Waals surface area contributed by atoms with E-state index in [-0.39, 0.29) is 67.8 Å². The molecule has 3 aromatic rings. The molecule has 0 radical (unpaired) electrons. The second-order valence-electron chi connectivity index (χ2n) is 11.4. The minimum Gasteiger partial charge on any atom is -0.493 e. The molecule has 5 rings (SSSR count). The summed E-state index contributed by atoms with van der Waals surface area (Å²) in [5, 5.41) is 5.77. The summed E-state index contributed by atoms with van der Waals surface area (Å²) in [6.45, 7) is 4.02. The lowest BCUT2D eigenvalue weighted by Crippen LogP contribution is -2.58. The van der Waals surface area contributed by atoms with E-state index in [9.17, 15) is 18.8 Å². The second kappa shape index (κ2) is 13.8. The molecule has 45 heavy (non-hydrogen) atoms. The summed E-state index contributed by atoms with van der Waals surface area (Å²) in [5.74, 6) is -0.481. The molecular formula is C32H37FN6O6. The van der Waals surface area contributed by atoms with Gasteiger partial charge in [0, 0.05) is 44.2 Å². The number of hydrogen-bond donors (Lipinski definition) is 3. The SMILES string of the molecule is COc1ccc2cc1OCC(=O)N[C@@H]1CN(C(=O)c3cc(C(C)C)nc(N)n3)CC[C@H]1Oc1cc(F)cc(c1)CNC(=O)CC2. The predicted molar refractivity (Wildman–Crippen MR) is 162 cm³/mol. The first kappa shape index (κ1) is 31.5. The van der Waals surface area contributed by atoms with Gasteiger partial charge in [0.25, 0.3) is 11.8 Å². The van der Waals surface area contributed by atoms with Crippen LogP contribution in [0, 0.1) is 5.82 Å². The van der Waals surface area contributed by atoms with E-state index in [1.165, 1.54) is 19.2 Å². The summed E-state index contributed by atoms with van der Waals surface area (Å²) < 4.78 is 32.1. The molecule has 1 fully saturated rings. The van der Waals surface area contributed by atoms with E-state index in [2.05, 4.69) is 20.6 Å². The molecule has 2 aromatic carbocycles. The standard InChI is InChI=1S/C32H37FN6O6/c1-18(2)23-14-24(38-32(34)37-23)31(42)39-9-8-26-25(16-39)36-30(41)17-44-28-12-19(4-6-27(28)43-3)5-7-29(40)35-15-20-10-21(33)13-22(11-20)45-26/h4,6,10-14,18,25-26H,5,7-9,15-17H2,1-3H3,(H,35,40)(H,36,41)(H2,34,37,38)/t25-,26-/m1/s1. The molecule has 4 N–H and O–H groups in total. The van der Waals surface area contributed by atoms with E-state index >= 15 is 0 Å². The Morgan fingerprint density at radius 1 is 1.09 bits per heavy atom. The number of nitrogens with zero attached hydrogens (tertiary/aromatic N) is 3. The average molecular weight is 621 g/mol. The number of methoxy groups -OCH3 is 1. The highest BCUT2D eigenvalue weighted by Crippen LogP contribution is 2.29. The van der Waals surface area contributed by atoms with Crippen LogP contribution in [0.5, 0.6) is 17.2 Å². The Balaban J connectivity index is 1.42. The van der Waals surface area contributed by atoms with E-state index in [0.717, 1.165) is 5.56 Å². The Morgan fingerprint density at radius 2 is 1.91 bits per heavy atom. The van der Waals surface area contributed by atoms with Gasteiger partial charge < -0.3 is 35.5 Å². The van der Waals surface area contributed by atoms with Crippen LogP contribution >= 0.6 is 0 Å². The number of aryl methyl sites for hydroxylation is 1. The summed E-state index contributed by atoms with van der Waals surface area (Å²) in [6, 6.07) is 10.4. The van der Waals surface area contributed by atoms with Gasteiger partial charge in [0.15, 0.2) is 18.1 Å². The lowest BCUT2D eigenvalue weighted by atomic mass is 10.0. The van der Waals surface area contributed by atoms with Gasteiger partial charge in [0.05, 0.1) is 13.2 Å². The van der Waals surface area contributed by atoms with Crippen molar-refractivity contribution >= 4 is 23.7 Å². The predicted octanol–water partition coefficient (Wildman–Crippen LogP) is 2.75. The van der Waals surface area contributed by atoms with Crippen LogP contribution < -0.4 is 30.6 Å². The van der Waals surface area contributed by atoms with Crippen LogP contribution in [0.15, 0.2) is 42.5 Å². The molecule has 4 bridgehead atoms. The van der Waals surface area contributed by atoms with Gasteiger partial charge in [-0.25, -0.2) is 14.4 Å². The maximum Gasteiger partial charge on any atom is 0.272 e. The topological polar surface area (TPSA) is 158 Å². The minimum atomic E-state index is -0.680. The number of ether oxygens (including phenoxy) is 3. The van der Waals surface area contributed by atoms with Crippen LogP contribution in [-0.4, -0.2) is 71.5 Å². The van der Waals surface area contributed by atoms with Crippen molar-refractivity contribution in [3.05, 3.63) is 70.8 Å². The third kappa shape index (κ3) is 7.97. The third-order valence-corrected chi connectivity index (χ3v) is 7.69. The fourth-order valence-corrected chi connectivity index (χ4v) is 5.34. The highest BCUT2D eigenvalue weighted by atomic mass is 19.1. The van der Waals surface area contributed by atoms with Crippen LogP contribution in [0.25, 0.3) is 0 Å².